The van der Waals surface area contributed by atoms with Crippen LogP contribution >= 0.6 is 0 Å². The zero-order valence-corrected chi connectivity index (χ0v) is 15.4. The fourth-order valence-corrected chi connectivity index (χ4v) is 3.09. The van der Waals surface area contributed by atoms with Crippen molar-refractivity contribution in [1.29, 1.82) is 0 Å². The minimum absolute atomic E-state index is 0.220. The number of aryl methyl sites for hydroxylation is 2. The molecule has 1 aliphatic heterocycles. The molecule has 144 valence electrons. The lowest BCUT2D eigenvalue weighted by Crippen LogP contribution is -2.49. The first kappa shape index (κ1) is 19.0. The molecule has 2 aromatic rings. The molecule has 0 unspecified atom stereocenters. The zero-order chi connectivity index (χ0) is 19.4. The van der Waals surface area contributed by atoms with Crippen LogP contribution < -0.4 is 0 Å². The maximum absolute atomic E-state index is 13.7. The van der Waals surface area contributed by atoms with Crippen LogP contribution in [0.1, 0.15) is 27.4 Å². The Kier molecular flexibility index (Phi) is 5.85. The maximum atomic E-state index is 13.7. The molecule has 2 heterocycles. The van der Waals surface area contributed by atoms with E-state index in [-0.39, 0.29) is 23.9 Å². The highest BCUT2D eigenvalue weighted by atomic mass is 19.1. The number of benzene rings is 1. The SMILES string of the molecule is Cc1noc(C)c1C(=O)OCC(=O)N1CCN(Cc2ccccc2F)CC1. The first-order valence-electron chi connectivity index (χ1n) is 8.79. The molecule has 1 amide bonds. The molecule has 8 heteroatoms. The van der Waals surface area contributed by atoms with Crippen molar-refractivity contribution in [3.05, 3.63) is 52.7 Å². The highest BCUT2D eigenvalue weighted by Crippen LogP contribution is 2.14. The second-order valence-corrected chi connectivity index (χ2v) is 6.52. The molecular formula is C19H22FN3O4. The van der Waals surface area contributed by atoms with Gasteiger partial charge >= 0.3 is 5.97 Å². The molecule has 27 heavy (non-hydrogen) atoms. The Balaban J connectivity index is 1.46. The molecule has 7 nitrogen and oxygen atoms in total. The van der Waals surface area contributed by atoms with E-state index in [0.717, 1.165) is 0 Å². The summed E-state index contributed by atoms with van der Waals surface area (Å²) < 4.78 is 23.8. The second kappa shape index (κ2) is 8.30. The summed E-state index contributed by atoms with van der Waals surface area (Å²) in [6, 6.07) is 6.69. The van der Waals surface area contributed by atoms with Crippen LogP contribution in [0, 0.1) is 19.7 Å². The lowest BCUT2D eigenvalue weighted by Gasteiger charge is -2.34. The standard InChI is InChI=1S/C19H22FN3O4/c1-13-18(14(2)27-21-13)19(25)26-12-17(24)23-9-7-22(8-10-23)11-15-5-3-4-6-16(15)20/h3-6H,7-12H2,1-2H3. The van der Waals surface area contributed by atoms with Gasteiger partial charge < -0.3 is 14.2 Å². The molecule has 0 aliphatic carbocycles. The average molecular weight is 375 g/mol. The predicted octanol–water partition coefficient (Wildman–Crippen LogP) is 1.93. The van der Waals surface area contributed by atoms with Crippen LogP contribution in [-0.2, 0) is 16.1 Å². The third-order valence-electron chi connectivity index (χ3n) is 4.64. The molecule has 0 bridgehead atoms. The van der Waals surface area contributed by atoms with Crippen molar-refractivity contribution in [1.82, 2.24) is 15.0 Å². The van der Waals surface area contributed by atoms with Crippen LogP contribution in [0.25, 0.3) is 0 Å². The van der Waals surface area contributed by atoms with Crippen LogP contribution in [0.15, 0.2) is 28.8 Å². The Bertz CT molecular complexity index is 809. The first-order chi connectivity index (χ1) is 13.0. The van der Waals surface area contributed by atoms with E-state index in [1.807, 2.05) is 6.07 Å². The van der Waals surface area contributed by atoms with Gasteiger partial charge in [0.05, 0.1) is 5.69 Å². The first-order valence-corrected chi connectivity index (χ1v) is 8.79. The molecule has 1 saturated heterocycles. The number of ether oxygens (including phenoxy) is 1. The molecular weight excluding hydrogens is 353 g/mol. The summed E-state index contributed by atoms with van der Waals surface area (Å²) in [6.45, 7) is 5.74. The van der Waals surface area contributed by atoms with E-state index in [4.69, 9.17) is 9.26 Å². The third kappa shape index (κ3) is 4.51. The van der Waals surface area contributed by atoms with E-state index in [0.29, 0.717) is 49.7 Å². The highest BCUT2D eigenvalue weighted by molar-refractivity contribution is 5.93. The van der Waals surface area contributed by atoms with E-state index in [1.54, 1.807) is 30.9 Å². The number of hydrogen-bond donors (Lipinski definition) is 0. The van der Waals surface area contributed by atoms with Gasteiger partial charge in [0.2, 0.25) is 0 Å². The molecule has 0 radical (unpaired) electrons. The number of carbonyl (C=O) groups is 2. The fourth-order valence-electron chi connectivity index (χ4n) is 3.09. The van der Waals surface area contributed by atoms with E-state index >= 15 is 0 Å². The minimum Gasteiger partial charge on any atom is -0.452 e. The second-order valence-electron chi connectivity index (χ2n) is 6.52. The Morgan fingerprint density at radius 3 is 2.52 bits per heavy atom. The quantitative estimate of drug-likeness (QED) is 0.744. The van der Waals surface area contributed by atoms with Crippen molar-refractivity contribution in [2.75, 3.05) is 32.8 Å². The molecule has 0 N–H and O–H groups in total. The van der Waals surface area contributed by atoms with Crippen molar-refractivity contribution in [3.8, 4) is 0 Å². The number of hydrogen-bond acceptors (Lipinski definition) is 6. The van der Waals surface area contributed by atoms with Gasteiger partial charge in [-0.05, 0) is 19.9 Å². The summed E-state index contributed by atoms with van der Waals surface area (Å²) >= 11 is 0. The van der Waals surface area contributed by atoms with Crippen LogP contribution in [0.3, 0.4) is 0 Å². The molecule has 1 aromatic heterocycles. The number of esters is 1. The Hall–Kier alpha value is -2.74. The number of carbonyl (C=O) groups excluding carboxylic acids is 2. The van der Waals surface area contributed by atoms with Crippen molar-refractivity contribution in [2.24, 2.45) is 0 Å². The van der Waals surface area contributed by atoms with E-state index < -0.39 is 5.97 Å². The Morgan fingerprint density at radius 2 is 1.89 bits per heavy atom. The lowest BCUT2D eigenvalue weighted by atomic mass is 10.2. The van der Waals surface area contributed by atoms with E-state index in [9.17, 15) is 14.0 Å². The van der Waals surface area contributed by atoms with Gasteiger partial charge in [-0.3, -0.25) is 9.69 Å². The van der Waals surface area contributed by atoms with E-state index in [2.05, 4.69) is 10.1 Å². The molecule has 3 rings (SSSR count). The number of amides is 1. The van der Waals surface area contributed by atoms with E-state index in [1.165, 1.54) is 6.07 Å². The van der Waals surface area contributed by atoms with Crippen molar-refractivity contribution >= 4 is 11.9 Å². The summed E-state index contributed by atoms with van der Waals surface area (Å²) in [6.07, 6.45) is 0. The third-order valence-corrected chi connectivity index (χ3v) is 4.64. The highest BCUT2D eigenvalue weighted by Gasteiger charge is 2.24. The maximum Gasteiger partial charge on any atom is 0.344 e. The van der Waals surface area contributed by atoms with Gasteiger partial charge in [0.15, 0.2) is 6.61 Å². The summed E-state index contributed by atoms with van der Waals surface area (Å²) in [5.74, 6) is -0.715. The monoisotopic (exact) mass is 375 g/mol. The van der Waals surface area contributed by atoms with Crippen molar-refractivity contribution in [2.45, 2.75) is 20.4 Å². The topological polar surface area (TPSA) is 75.9 Å². The summed E-state index contributed by atoms with van der Waals surface area (Å²) in [5, 5.41) is 3.70. The van der Waals surface area contributed by atoms with Gasteiger partial charge in [-0.15, -0.1) is 0 Å². The molecule has 0 saturated carbocycles. The number of piperazine rings is 1. The van der Waals surface area contributed by atoms with Gasteiger partial charge in [0.1, 0.15) is 17.1 Å². The summed E-state index contributed by atoms with van der Waals surface area (Å²) in [4.78, 5) is 28.1. The van der Waals surface area contributed by atoms with Crippen molar-refractivity contribution in [3.63, 3.8) is 0 Å². The molecule has 0 atom stereocenters. The average Bonchev–Trinajstić information content (AvgIpc) is 3.00. The number of rotatable bonds is 5. The van der Waals surface area contributed by atoms with Crippen LogP contribution in [0.5, 0.6) is 0 Å². The Morgan fingerprint density at radius 1 is 1.19 bits per heavy atom. The Labute approximate surface area is 156 Å². The summed E-state index contributed by atoms with van der Waals surface area (Å²) in [7, 11) is 0. The van der Waals surface area contributed by atoms with Gasteiger partial charge in [-0.25, -0.2) is 9.18 Å². The van der Waals surface area contributed by atoms with Crippen molar-refractivity contribution < 1.29 is 23.2 Å². The normalized spacial score (nSPS) is 15.0. The zero-order valence-electron chi connectivity index (χ0n) is 15.4. The molecule has 1 aromatic carbocycles. The van der Waals surface area contributed by atoms with Crippen LogP contribution in [0.4, 0.5) is 4.39 Å². The van der Waals surface area contributed by atoms with Gasteiger partial charge in [-0.1, -0.05) is 23.4 Å². The molecule has 0 spiro atoms. The number of nitrogens with zero attached hydrogens (tertiary/aromatic N) is 3. The van der Waals surface area contributed by atoms with Gasteiger partial charge in [-0.2, -0.15) is 0 Å². The minimum atomic E-state index is -0.613. The number of halogens is 1. The lowest BCUT2D eigenvalue weighted by molar-refractivity contribution is -0.136. The smallest absolute Gasteiger partial charge is 0.344 e. The summed E-state index contributed by atoms with van der Waals surface area (Å²) in [5.41, 5.74) is 1.34. The van der Waals surface area contributed by atoms with Crippen LogP contribution in [-0.4, -0.2) is 59.6 Å². The molecule has 1 aliphatic rings. The molecule has 1 fully saturated rings. The van der Waals surface area contributed by atoms with Gasteiger partial charge in [0, 0.05) is 38.3 Å². The number of aromatic nitrogens is 1. The predicted molar refractivity (Wildman–Crippen MR) is 94.5 cm³/mol. The van der Waals surface area contributed by atoms with Crippen LogP contribution in [0.2, 0.25) is 0 Å². The largest absolute Gasteiger partial charge is 0.452 e. The fraction of sp³-hybridized carbons (Fsp3) is 0.421. The van der Waals surface area contributed by atoms with Gasteiger partial charge in [0.25, 0.3) is 5.91 Å².